The summed E-state index contributed by atoms with van der Waals surface area (Å²) in [5.41, 5.74) is 1.87. The number of non-ortho nitro benzene ring substituents is 1. The SMILES string of the molecule is CCc1c(C)sc(NC(=O)C=Cc2ccc([N+](=O)[O-])cc2)c1C(=O)OC. The molecule has 136 valence electrons. The molecule has 7 nitrogen and oxygen atoms in total. The van der Waals surface area contributed by atoms with Crippen molar-refractivity contribution in [2.24, 2.45) is 0 Å². The van der Waals surface area contributed by atoms with Gasteiger partial charge in [0.2, 0.25) is 5.91 Å². The van der Waals surface area contributed by atoms with Gasteiger partial charge in [0.15, 0.2) is 0 Å². The van der Waals surface area contributed by atoms with Gasteiger partial charge in [-0.3, -0.25) is 14.9 Å². The van der Waals surface area contributed by atoms with Crippen LogP contribution in [0, 0.1) is 17.0 Å². The number of ether oxygens (including phenoxy) is 1. The number of carbonyl (C=O) groups is 2. The number of thiophene rings is 1. The lowest BCUT2D eigenvalue weighted by atomic mass is 10.1. The average Bonchev–Trinajstić information content (AvgIpc) is 2.94. The number of hydrogen-bond acceptors (Lipinski definition) is 6. The van der Waals surface area contributed by atoms with E-state index in [9.17, 15) is 19.7 Å². The molecule has 0 aliphatic heterocycles. The van der Waals surface area contributed by atoms with Crippen LogP contribution in [0.15, 0.2) is 30.3 Å². The molecule has 2 rings (SSSR count). The third-order valence-electron chi connectivity index (χ3n) is 3.72. The van der Waals surface area contributed by atoms with Crippen LogP contribution in [0.1, 0.15) is 33.3 Å². The van der Waals surface area contributed by atoms with Gasteiger partial charge in [-0.15, -0.1) is 11.3 Å². The molecule has 26 heavy (non-hydrogen) atoms. The molecule has 0 atom stereocenters. The lowest BCUT2D eigenvalue weighted by Crippen LogP contribution is -2.12. The van der Waals surface area contributed by atoms with Crippen LogP contribution >= 0.6 is 11.3 Å². The third kappa shape index (κ3) is 4.34. The number of rotatable bonds is 6. The Morgan fingerprint density at radius 2 is 1.96 bits per heavy atom. The summed E-state index contributed by atoms with van der Waals surface area (Å²) in [6.07, 6.45) is 3.50. The van der Waals surface area contributed by atoms with Crippen molar-refractivity contribution in [1.29, 1.82) is 0 Å². The number of benzene rings is 1. The molecule has 0 bridgehead atoms. The number of aryl methyl sites for hydroxylation is 1. The number of methoxy groups -OCH3 is 1. The zero-order chi connectivity index (χ0) is 19.3. The molecular weight excluding hydrogens is 356 g/mol. The first kappa shape index (κ1) is 19.3. The van der Waals surface area contributed by atoms with E-state index in [-0.39, 0.29) is 5.69 Å². The summed E-state index contributed by atoms with van der Waals surface area (Å²) in [5, 5.41) is 13.8. The summed E-state index contributed by atoms with van der Waals surface area (Å²) >= 11 is 1.32. The summed E-state index contributed by atoms with van der Waals surface area (Å²) < 4.78 is 4.82. The fourth-order valence-electron chi connectivity index (χ4n) is 2.44. The van der Waals surface area contributed by atoms with Gasteiger partial charge in [0.1, 0.15) is 5.00 Å². The molecule has 0 saturated heterocycles. The number of nitrogens with one attached hydrogen (secondary N) is 1. The first-order valence-corrected chi connectivity index (χ1v) is 8.63. The second-order valence-electron chi connectivity index (χ2n) is 5.36. The molecule has 0 unspecified atom stereocenters. The van der Waals surface area contributed by atoms with Crippen molar-refractivity contribution in [1.82, 2.24) is 0 Å². The number of carbonyl (C=O) groups excluding carboxylic acids is 2. The van der Waals surface area contributed by atoms with Crippen LogP contribution in [0.3, 0.4) is 0 Å². The smallest absolute Gasteiger partial charge is 0.341 e. The maximum Gasteiger partial charge on any atom is 0.341 e. The number of hydrogen-bond donors (Lipinski definition) is 1. The highest BCUT2D eigenvalue weighted by Crippen LogP contribution is 2.34. The number of anilines is 1. The molecule has 0 aliphatic rings. The van der Waals surface area contributed by atoms with E-state index in [0.29, 0.717) is 22.5 Å². The Labute approximate surface area is 154 Å². The molecule has 1 aromatic carbocycles. The summed E-state index contributed by atoms with van der Waals surface area (Å²) in [6, 6.07) is 5.82. The quantitative estimate of drug-likeness (QED) is 0.357. The highest BCUT2D eigenvalue weighted by molar-refractivity contribution is 7.16. The van der Waals surface area contributed by atoms with Crippen LogP contribution in [0.4, 0.5) is 10.7 Å². The molecule has 2 aromatic rings. The third-order valence-corrected chi connectivity index (χ3v) is 4.78. The molecular formula is C18H18N2O5S. The van der Waals surface area contributed by atoms with E-state index < -0.39 is 16.8 Å². The highest BCUT2D eigenvalue weighted by atomic mass is 32.1. The Bertz CT molecular complexity index is 868. The van der Waals surface area contributed by atoms with Gasteiger partial charge in [0, 0.05) is 23.1 Å². The largest absolute Gasteiger partial charge is 0.465 e. The zero-order valence-corrected chi connectivity index (χ0v) is 15.4. The Morgan fingerprint density at radius 3 is 2.50 bits per heavy atom. The second-order valence-corrected chi connectivity index (χ2v) is 6.58. The van der Waals surface area contributed by atoms with Gasteiger partial charge >= 0.3 is 5.97 Å². The summed E-state index contributed by atoms with van der Waals surface area (Å²) in [5.74, 6) is -0.891. The molecule has 0 radical (unpaired) electrons. The van der Waals surface area contributed by atoms with E-state index in [2.05, 4.69) is 5.32 Å². The highest BCUT2D eigenvalue weighted by Gasteiger charge is 2.22. The van der Waals surface area contributed by atoms with Crippen molar-refractivity contribution >= 4 is 40.0 Å². The van der Waals surface area contributed by atoms with E-state index in [1.165, 1.54) is 42.7 Å². The fourth-order valence-corrected chi connectivity index (χ4v) is 3.58. The molecule has 1 aromatic heterocycles. The van der Waals surface area contributed by atoms with Crippen LogP contribution in [0.2, 0.25) is 0 Å². The van der Waals surface area contributed by atoms with Crippen LogP contribution in [0.5, 0.6) is 0 Å². The Hall–Kier alpha value is -3.00. The Balaban J connectivity index is 2.17. The predicted molar refractivity (Wildman–Crippen MR) is 101 cm³/mol. The molecule has 0 fully saturated rings. The van der Waals surface area contributed by atoms with Crippen molar-refractivity contribution in [3.05, 3.63) is 62.0 Å². The summed E-state index contributed by atoms with van der Waals surface area (Å²) in [4.78, 5) is 35.3. The maximum absolute atomic E-state index is 12.2. The van der Waals surface area contributed by atoms with Crippen LogP contribution in [-0.4, -0.2) is 23.9 Å². The monoisotopic (exact) mass is 374 g/mol. The zero-order valence-electron chi connectivity index (χ0n) is 14.6. The Kier molecular flexibility index (Phi) is 6.24. The average molecular weight is 374 g/mol. The van der Waals surface area contributed by atoms with Crippen molar-refractivity contribution in [3.63, 3.8) is 0 Å². The van der Waals surface area contributed by atoms with Crippen molar-refractivity contribution < 1.29 is 19.2 Å². The molecule has 1 amide bonds. The Morgan fingerprint density at radius 1 is 1.31 bits per heavy atom. The molecule has 0 spiro atoms. The predicted octanol–water partition coefficient (Wildman–Crippen LogP) is 3.97. The van der Waals surface area contributed by atoms with Gasteiger partial charge < -0.3 is 10.1 Å². The van der Waals surface area contributed by atoms with E-state index in [0.717, 1.165) is 10.4 Å². The topological polar surface area (TPSA) is 98.5 Å². The van der Waals surface area contributed by atoms with E-state index in [4.69, 9.17) is 4.74 Å². The summed E-state index contributed by atoms with van der Waals surface area (Å²) in [6.45, 7) is 3.82. The van der Waals surface area contributed by atoms with Gasteiger partial charge in [-0.25, -0.2) is 4.79 Å². The van der Waals surface area contributed by atoms with Gasteiger partial charge in [0.25, 0.3) is 5.69 Å². The van der Waals surface area contributed by atoms with Crippen LogP contribution in [0.25, 0.3) is 6.08 Å². The number of nitro benzene ring substituents is 1. The van der Waals surface area contributed by atoms with Crippen molar-refractivity contribution in [2.75, 3.05) is 12.4 Å². The second kappa shape index (κ2) is 8.39. The van der Waals surface area contributed by atoms with Crippen LogP contribution < -0.4 is 5.32 Å². The molecule has 1 heterocycles. The van der Waals surface area contributed by atoms with Crippen LogP contribution in [-0.2, 0) is 16.0 Å². The fraction of sp³-hybridized carbons (Fsp3) is 0.222. The first-order valence-electron chi connectivity index (χ1n) is 7.81. The number of amides is 1. The first-order chi connectivity index (χ1) is 12.4. The minimum atomic E-state index is -0.487. The minimum Gasteiger partial charge on any atom is -0.465 e. The number of nitro groups is 1. The molecule has 1 N–H and O–H groups in total. The van der Waals surface area contributed by atoms with E-state index in [1.807, 2.05) is 13.8 Å². The normalized spacial score (nSPS) is 10.7. The van der Waals surface area contributed by atoms with E-state index in [1.54, 1.807) is 12.1 Å². The summed E-state index contributed by atoms with van der Waals surface area (Å²) in [7, 11) is 1.30. The molecule has 0 saturated carbocycles. The van der Waals surface area contributed by atoms with Crippen molar-refractivity contribution in [2.45, 2.75) is 20.3 Å². The van der Waals surface area contributed by atoms with Gasteiger partial charge in [-0.05, 0) is 42.7 Å². The van der Waals surface area contributed by atoms with Gasteiger partial charge in [0.05, 0.1) is 17.6 Å². The molecule has 8 heteroatoms. The van der Waals surface area contributed by atoms with Gasteiger partial charge in [-0.2, -0.15) is 0 Å². The van der Waals surface area contributed by atoms with Gasteiger partial charge in [-0.1, -0.05) is 6.92 Å². The minimum absolute atomic E-state index is 0.0181. The molecule has 0 aliphatic carbocycles. The lowest BCUT2D eigenvalue weighted by Gasteiger charge is -2.05. The van der Waals surface area contributed by atoms with E-state index >= 15 is 0 Å². The number of nitrogens with zero attached hydrogens (tertiary/aromatic N) is 1. The lowest BCUT2D eigenvalue weighted by molar-refractivity contribution is -0.384. The van der Waals surface area contributed by atoms with Crippen molar-refractivity contribution in [3.8, 4) is 0 Å². The standard InChI is InChI=1S/C18H18N2O5S/c1-4-14-11(2)26-17(16(14)18(22)25-3)19-15(21)10-7-12-5-8-13(9-6-12)20(23)24/h5-10H,4H2,1-3H3,(H,19,21). The number of esters is 1. The maximum atomic E-state index is 12.2.